The fourth-order valence-corrected chi connectivity index (χ4v) is 3.45. The number of benzene rings is 2. The van der Waals surface area contributed by atoms with E-state index in [4.69, 9.17) is 4.74 Å². The summed E-state index contributed by atoms with van der Waals surface area (Å²) >= 11 is 0. The van der Waals surface area contributed by atoms with E-state index in [0.717, 1.165) is 12.1 Å². The Labute approximate surface area is 164 Å². The third-order valence-corrected chi connectivity index (χ3v) is 5.12. The zero-order valence-corrected chi connectivity index (χ0v) is 15.4. The molecule has 1 aliphatic rings. The summed E-state index contributed by atoms with van der Waals surface area (Å²) in [5, 5.41) is 13.5. The van der Waals surface area contributed by atoms with Gasteiger partial charge in [-0.15, -0.1) is 0 Å². The predicted octanol–water partition coefficient (Wildman–Crippen LogP) is 3.98. The third kappa shape index (κ3) is 4.56. The van der Waals surface area contributed by atoms with Gasteiger partial charge in [-0.05, 0) is 30.0 Å². The van der Waals surface area contributed by atoms with E-state index in [9.17, 15) is 28.1 Å². The molecule has 0 aliphatic carbocycles. The molecule has 0 bridgehead atoms. The van der Waals surface area contributed by atoms with Crippen molar-refractivity contribution < 1.29 is 27.6 Å². The van der Waals surface area contributed by atoms with Crippen LogP contribution < -0.4 is 5.32 Å². The van der Waals surface area contributed by atoms with Crippen LogP contribution in [0, 0.1) is 10.1 Å². The molecule has 0 atom stereocenters. The van der Waals surface area contributed by atoms with Gasteiger partial charge in [0.25, 0.3) is 5.69 Å². The number of nitro groups is 1. The summed E-state index contributed by atoms with van der Waals surface area (Å²) in [6, 6.07) is 10.6. The summed E-state index contributed by atoms with van der Waals surface area (Å²) < 4.78 is 44.8. The van der Waals surface area contributed by atoms with Crippen LogP contribution in [0.4, 0.5) is 18.9 Å². The summed E-state index contributed by atoms with van der Waals surface area (Å²) in [7, 11) is 0. The molecule has 29 heavy (non-hydrogen) atoms. The molecule has 1 fully saturated rings. The molecule has 3 rings (SSSR count). The largest absolute Gasteiger partial charge is 0.416 e. The summed E-state index contributed by atoms with van der Waals surface area (Å²) in [6.45, 7) is 0.640. The van der Waals surface area contributed by atoms with E-state index in [1.165, 1.54) is 36.4 Å². The maximum atomic E-state index is 13.1. The van der Waals surface area contributed by atoms with Crippen LogP contribution in [0.15, 0.2) is 48.5 Å². The van der Waals surface area contributed by atoms with E-state index in [-0.39, 0.29) is 38.3 Å². The van der Waals surface area contributed by atoms with E-state index in [1.807, 2.05) is 0 Å². The van der Waals surface area contributed by atoms with Crippen molar-refractivity contribution in [1.82, 2.24) is 5.32 Å². The van der Waals surface area contributed by atoms with Crippen molar-refractivity contribution in [2.75, 3.05) is 13.2 Å². The number of hydrogen-bond donors (Lipinski definition) is 1. The first-order chi connectivity index (χ1) is 13.7. The van der Waals surface area contributed by atoms with Crippen LogP contribution in [0.2, 0.25) is 0 Å². The van der Waals surface area contributed by atoms with Gasteiger partial charge in [0.1, 0.15) is 0 Å². The topological polar surface area (TPSA) is 81.5 Å². The monoisotopic (exact) mass is 408 g/mol. The zero-order valence-electron chi connectivity index (χ0n) is 15.4. The normalized spacial score (nSPS) is 16.2. The molecule has 0 spiro atoms. The molecular formula is C20H19F3N2O4. The van der Waals surface area contributed by atoms with Crippen LogP contribution in [0.5, 0.6) is 0 Å². The van der Waals surface area contributed by atoms with Gasteiger partial charge in [-0.25, -0.2) is 0 Å². The highest BCUT2D eigenvalue weighted by molar-refractivity contribution is 5.88. The number of non-ortho nitro benzene ring substituents is 1. The average molecular weight is 408 g/mol. The fourth-order valence-electron chi connectivity index (χ4n) is 3.45. The highest BCUT2D eigenvalue weighted by atomic mass is 19.4. The van der Waals surface area contributed by atoms with E-state index >= 15 is 0 Å². The van der Waals surface area contributed by atoms with Gasteiger partial charge >= 0.3 is 6.18 Å². The second kappa shape index (κ2) is 8.20. The molecule has 2 aromatic rings. The molecule has 9 heteroatoms. The zero-order chi connectivity index (χ0) is 21.1. The van der Waals surface area contributed by atoms with Crippen LogP contribution in [-0.2, 0) is 27.7 Å². The standard InChI is InChI=1S/C20H19F3N2O4/c21-20(22,23)16-3-1-2-15(12-16)19(8-10-29-11-9-19)18(26)24-13-14-4-6-17(7-5-14)25(27)28/h1-7,12H,8-11,13H2,(H,24,26). The third-order valence-electron chi connectivity index (χ3n) is 5.12. The van der Waals surface area contributed by atoms with Crippen molar-refractivity contribution in [2.45, 2.75) is 31.0 Å². The smallest absolute Gasteiger partial charge is 0.381 e. The highest BCUT2D eigenvalue weighted by Crippen LogP contribution is 2.38. The molecule has 0 unspecified atom stereocenters. The van der Waals surface area contributed by atoms with Crippen molar-refractivity contribution in [2.24, 2.45) is 0 Å². The number of alkyl halides is 3. The second-order valence-electron chi connectivity index (χ2n) is 6.88. The number of nitro benzene ring substituents is 1. The Kier molecular flexibility index (Phi) is 5.88. The van der Waals surface area contributed by atoms with Crippen LogP contribution in [-0.4, -0.2) is 24.0 Å². The maximum absolute atomic E-state index is 13.1. The molecule has 0 saturated carbocycles. The van der Waals surface area contributed by atoms with Gasteiger partial charge in [0.2, 0.25) is 5.91 Å². The van der Waals surface area contributed by atoms with E-state index < -0.39 is 28.0 Å². The first-order valence-corrected chi connectivity index (χ1v) is 8.99. The Balaban J connectivity index is 1.82. The number of carbonyl (C=O) groups excluding carboxylic acids is 1. The van der Waals surface area contributed by atoms with Crippen molar-refractivity contribution in [3.8, 4) is 0 Å². The van der Waals surface area contributed by atoms with Gasteiger partial charge in [0, 0.05) is 31.9 Å². The summed E-state index contributed by atoms with van der Waals surface area (Å²) in [4.78, 5) is 23.3. The molecule has 6 nitrogen and oxygen atoms in total. The number of amides is 1. The van der Waals surface area contributed by atoms with Crippen LogP contribution in [0.25, 0.3) is 0 Å². The number of hydrogen-bond acceptors (Lipinski definition) is 4. The van der Waals surface area contributed by atoms with E-state index in [0.29, 0.717) is 11.1 Å². The van der Waals surface area contributed by atoms with Crippen molar-refractivity contribution in [3.63, 3.8) is 0 Å². The molecule has 154 valence electrons. The molecule has 2 aromatic carbocycles. The van der Waals surface area contributed by atoms with Gasteiger partial charge in [0.15, 0.2) is 0 Å². The molecule has 1 amide bonds. The summed E-state index contributed by atoms with van der Waals surface area (Å²) in [5.74, 6) is -0.390. The van der Waals surface area contributed by atoms with E-state index in [2.05, 4.69) is 5.32 Å². The van der Waals surface area contributed by atoms with Crippen LogP contribution in [0.3, 0.4) is 0 Å². The van der Waals surface area contributed by atoms with Gasteiger partial charge in [-0.2, -0.15) is 13.2 Å². The van der Waals surface area contributed by atoms with Crippen LogP contribution >= 0.6 is 0 Å². The molecule has 1 saturated heterocycles. The number of rotatable bonds is 5. The predicted molar refractivity (Wildman–Crippen MR) is 98.1 cm³/mol. The number of nitrogens with zero attached hydrogens (tertiary/aromatic N) is 1. The van der Waals surface area contributed by atoms with Gasteiger partial charge < -0.3 is 10.1 Å². The van der Waals surface area contributed by atoms with Crippen molar-refractivity contribution in [3.05, 3.63) is 75.3 Å². The lowest BCUT2D eigenvalue weighted by Gasteiger charge is -2.36. The highest BCUT2D eigenvalue weighted by Gasteiger charge is 2.43. The van der Waals surface area contributed by atoms with Gasteiger partial charge in [-0.3, -0.25) is 14.9 Å². The number of ether oxygens (including phenoxy) is 1. The lowest BCUT2D eigenvalue weighted by molar-refractivity contribution is -0.384. The number of carbonyl (C=O) groups is 1. The summed E-state index contributed by atoms with van der Waals surface area (Å²) in [6.07, 6.45) is -3.97. The minimum atomic E-state index is -4.50. The molecule has 0 aromatic heterocycles. The Morgan fingerprint density at radius 2 is 1.79 bits per heavy atom. The number of halogens is 3. The molecule has 1 aliphatic heterocycles. The van der Waals surface area contributed by atoms with Gasteiger partial charge in [-0.1, -0.05) is 30.3 Å². The molecule has 0 radical (unpaired) electrons. The Morgan fingerprint density at radius 1 is 1.14 bits per heavy atom. The molecular weight excluding hydrogens is 389 g/mol. The first-order valence-electron chi connectivity index (χ1n) is 8.99. The Morgan fingerprint density at radius 3 is 2.38 bits per heavy atom. The minimum absolute atomic E-state index is 0.0649. The lowest BCUT2D eigenvalue weighted by Crippen LogP contribution is -2.47. The fraction of sp³-hybridized carbons (Fsp3) is 0.350. The van der Waals surface area contributed by atoms with Crippen molar-refractivity contribution >= 4 is 11.6 Å². The van der Waals surface area contributed by atoms with Crippen molar-refractivity contribution in [1.29, 1.82) is 0 Å². The maximum Gasteiger partial charge on any atom is 0.416 e. The van der Waals surface area contributed by atoms with E-state index in [1.54, 1.807) is 0 Å². The Bertz CT molecular complexity index is 891. The first kappa shape index (κ1) is 20.8. The molecule has 1 heterocycles. The SMILES string of the molecule is O=C(NCc1ccc([N+](=O)[O-])cc1)C1(c2cccc(C(F)(F)F)c2)CCOCC1. The number of nitrogens with one attached hydrogen (secondary N) is 1. The second-order valence-corrected chi connectivity index (χ2v) is 6.88. The van der Waals surface area contributed by atoms with Gasteiger partial charge in [0.05, 0.1) is 15.9 Å². The lowest BCUT2D eigenvalue weighted by atomic mass is 9.73. The minimum Gasteiger partial charge on any atom is -0.381 e. The molecule has 1 N–H and O–H groups in total. The average Bonchev–Trinajstić information content (AvgIpc) is 2.72. The van der Waals surface area contributed by atoms with Crippen LogP contribution in [0.1, 0.15) is 29.5 Å². The quantitative estimate of drug-likeness (QED) is 0.599. The Hall–Kier alpha value is -2.94. The summed E-state index contributed by atoms with van der Waals surface area (Å²) in [5.41, 5.74) is -1.04.